The Balaban J connectivity index is 1.71. The molecular weight excluding hydrogens is 365 g/mol. The summed E-state index contributed by atoms with van der Waals surface area (Å²) in [5, 5.41) is 17.2. The number of hydrogen-bond acceptors (Lipinski definition) is 7. The molecular formula is C19H22FN5O3. The van der Waals surface area contributed by atoms with Crippen LogP contribution in [0.25, 0.3) is 5.52 Å². The molecule has 1 N–H and O–H groups in total. The van der Waals surface area contributed by atoms with Crippen LogP contribution in [0.5, 0.6) is 0 Å². The largest absolute Gasteiger partial charge is 0.458 e. The van der Waals surface area contributed by atoms with Gasteiger partial charge in [0.2, 0.25) is 5.95 Å². The van der Waals surface area contributed by atoms with Gasteiger partial charge in [0.1, 0.15) is 23.3 Å². The number of nitrogens with zero attached hydrogens (tertiary/aromatic N) is 4. The molecule has 2 aromatic rings. The van der Waals surface area contributed by atoms with Crippen LogP contribution < -0.4 is 5.32 Å². The summed E-state index contributed by atoms with van der Waals surface area (Å²) in [6.45, 7) is 4.21. The summed E-state index contributed by atoms with van der Waals surface area (Å²) in [5.74, 6) is -0.664. The van der Waals surface area contributed by atoms with Crippen LogP contribution >= 0.6 is 0 Å². The van der Waals surface area contributed by atoms with Crippen molar-refractivity contribution in [2.75, 3.05) is 18.5 Å². The molecule has 1 saturated heterocycles. The third-order valence-electron chi connectivity index (χ3n) is 5.71. The predicted molar refractivity (Wildman–Crippen MR) is 97.3 cm³/mol. The van der Waals surface area contributed by atoms with Gasteiger partial charge in [0.05, 0.1) is 24.5 Å². The number of anilines is 1. The lowest BCUT2D eigenvalue weighted by Crippen LogP contribution is -2.44. The molecule has 1 aliphatic heterocycles. The molecule has 2 fully saturated rings. The van der Waals surface area contributed by atoms with Crippen molar-refractivity contribution < 1.29 is 18.7 Å². The van der Waals surface area contributed by atoms with Crippen LogP contribution in [0, 0.1) is 17.1 Å². The summed E-state index contributed by atoms with van der Waals surface area (Å²) >= 11 is 0. The monoisotopic (exact) mass is 387 g/mol. The van der Waals surface area contributed by atoms with Crippen LogP contribution in [0.2, 0.25) is 0 Å². The Labute approximate surface area is 161 Å². The maximum absolute atomic E-state index is 14.8. The van der Waals surface area contributed by atoms with E-state index in [4.69, 9.17) is 9.47 Å². The first kappa shape index (κ1) is 18.6. The van der Waals surface area contributed by atoms with Crippen LogP contribution in [0.15, 0.2) is 6.20 Å². The molecule has 2 aliphatic rings. The quantitative estimate of drug-likeness (QED) is 0.786. The molecule has 4 rings (SSSR count). The second-order valence-electron chi connectivity index (χ2n) is 7.42. The van der Waals surface area contributed by atoms with Gasteiger partial charge in [-0.1, -0.05) is 6.92 Å². The van der Waals surface area contributed by atoms with Gasteiger partial charge in [-0.15, -0.1) is 5.10 Å². The first-order valence-corrected chi connectivity index (χ1v) is 9.48. The number of halogens is 1. The fourth-order valence-corrected chi connectivity index (χ4v) is 3.95. The number of carbonyl (C=O) groups is 1. The molecule has 2 aromatic heterocycles. The van der Waals surface area contributed by atoms with Crippen molar-refractivity contribution in [3.63, 3.8) is 0 Å². The van der Waals surface area contributed by atoms with Crippen molar-refractivity contribution in [3.05, 3.63) is 23.3 Å². The van der Waals surface area contributed by atoms with E-state index < -0.39 is 11.9 Å². The zero-order valence-corrected chi connectivity index (χ0v) is 15.9. The molecule has 2 atom stereocenters. The van der Waals surface area contributed by atoms with Gasteiger partial charge in [0, 0.05) is 18.9 Å². The van der Waals surface area contributed by atoms with Crippen LogP contribution in [0.3, 0.4) is 0 Å². The highest BCUT2D eigenvalue weighted by molar-refractivity contribution is 5.66. The van der Waals surface area contributed by atoms with Gasteiger partial charge in [-0.3, -0.25) is 4.79 Å². The van der Waals surface area contributed by atoms with Gasteiger partial charge < -0.3 is 14.8 Å². The number of rotatable bonds is 5. The second-order valence-corrected chi connectivity index (χ2v) is 7.42. The Morgan fingerprint density at radius 3 is 3.00 bits per heavy atom. The van der Waals surface area contributed by atoms with E-state index in [9.17, 15) is 14.4 Å². The van der Waals surface area contributed by atoms with Crippen LogP contribution in [0.4, 0.5) is 10.3 Å². The molecule has 0 amide bonds. The Morgan fingerprint density at radius 1 is 1.57 bits per heavy atom. The Hall–Kier alpha value is -2.73. The van der Waals surface area contributed by atoms with Gasteiger partial charge in [-0.2, -0.15) is 5.26 Å². The summed E-state index contributed by atoms with van der Waals surface area (Å²) < 4.78 is 27.0. The van der Waals surface area contributed by atoms with E-state index >= 15 is 0 Å². The first-order valence-electron chi connectivity index (χ1n) is 9.48. The minimum absolute atomic E-state index is 0.0506. The number of nitriles is 1. The number of aromatic nitrogens is 3. The maximum Gasteiger partial charge on any atom is 0.303 e. The molecule has 2 unspecified atom stereocenters. The van der Waals surface area contributed by atoms with Crippen LogP contribution in [-0.4, -0.2) is 45.9 Å². The summed E-state index contributed by atoms with van der Waals surface area (Å²) in [6.07, 6.45) is 4.19. The van der Waals surface area contributed by atoms with Gasteiger partial charge in [0.15, 0.2) is 5.82 Å². The van der Waals surface area contributed by atoms with E-state index in [0.717, 1.165) is 19.3 Å². The van der Waals surface area contributed by atoms with Crippen molar-refractivity contribution in [1.82, 2.24) is 14.6 Å². The molecule has 8 nitrogen and oxygen atoms in total. The summed E-state index contributed by atoms with van der Waals surface area (Å²) in [7, 11) is 0. The van der Waals surface area contributed by atoms with E-state index in [1.54, 1.807) is 0 Å². The van der Waals surface area contributed by atoms with Crippen molar-refractivity contribution in [1.29, 1.82) is 5.26 Å². The summed E-state index contributed by atoms with van der Waals surface area (Å²) in [6, 6.07) is 1.79. The second kappa shape index (κ2) is 7.02. The van der Waals surface area contributed by atoms with Crippen molar-refractivity contribution in [2.24, 2.45) is 0 Å². The molecule has 0 bridgehead atoms. The average Bonchev–Trinajstić information content (AvgIpc) is 3.42. The Kier molecular flexibility index (Phi) is 4.67. The number of hydrogen-bond donors (Lipinski definition) is 1. The number of carbonyl (C=O) groups excluding carboxylic acids is 1. The zero-order chi connectivity index (χ0) is 19.9. The Morgan fingerprint density at radius 2 is 2.36 bits per heavy atom. The third kappa shape index (κ3) is 3.07. The van der Waals surface area contributed by atoms with Crippen LogP contribution in [-0.2, 0) is 19.7 Å². The molecule has 28 heavy (non-hydrogen) atoms. The van der Waals surface area contributed by atoms with Crippen LogP contribution in [0.1, 0.15) is 50.8 Å². The van der Waals surface area contributed by atoms with Crippen molar-refractivity contribution >= 4 is 17.4 Å². The molecule has 0 aromatic carbocycles. The number of esters is 1. The highest BCUT2D eigenvalue weighted by Crippen LogP contribution is 2.52. The molecule has 0 spiro atoms. The lowest BCUT2D eigenvalue weighted by molar-refractivity contribution is -0.153. The summed E-state index contributed by atoms with van der Waals surface area (Å²) in [4.78, 5) is 15.6. The van der Waals surface area contributed by atoms with Crippen molar-refractivity contribution in [3.8, 4) is 6.07 Å². The highest BCUT2D eigenvalue weighted by Gasteiger charge is 2.48. The van der Waals surface area contributed by atoms with Crippen molar-refractivity contribution in [2.45, 2.75) is 57.1 Å². The van der Waals surface area contributed by atoms with Gasteiger partial charge in [0.25, 0.3) is 0 Å². The third-order valence-corrected chi connectivity index (χ3v) is 5.71. The molecule has 1 aliphatic carbocycles. The average molecular weight is 387 g/mol. The lowest BCUT2D eigenvalue weighted by atomic mass is 9.96. The summed E-state index contributed by atoms with van der Waals surface area (Å²) in [5.41, 5.74) is 0.664. The molecule has 0 radical (unpaired) electrons. The van der Waals surface area contributed by atoms with Gasteiger partial charge in [-0.05, 0) is 25.7 Å². The van der Waals surface area contributed by atoms with E-state index in [2.05, 4.69) is 15.4 Å². The fourth-order valence-electron chi connectivity index (χ4n) is 3.95. The minimum Gasteiger partial charge on any atom is -0.458 e. The molecule has 3 heterocycles. The smallest absolute Gasteiger partial charge is 0.303 e. The minimum atomic E-state index is -0.576. The van der Waals surface area contributed by atoms with E-state index in [-0.39, 0.29) is 28.5 Å². The fraction of sp³-hybridized carbons (Fsp3) is 0.579. The number of fused-ring (bicyclic) bond motifs is 1. The van der Waals surface area contributed by atoms with E-state index in [1.807, 2.05) is 13.0 Å². The molecule has 1 saturated carbocycles. The van der Waals surface area contributed by atoms with Gasteiger partial charge in [-0.25, -0.2) is 13.9 Å². The number of nitrogens with one attached hydrogen (secondary N) is 1. The van der Waals surface area contributed by atoms with E-state index in [1.165, 1.54) is 17.6 Å². The first-order chi connectivity index (χ1) is 13.5. The maximum atomic E-state index is 14.8. The lowest BCUT2D eigenvalue weighted by Gasteiger charge is -2.31. The normalized spacial score (nSPS) is 23.2. The standard InChI is InChI=1S/C19H22FN5O3/c1-3-19(5-6-19)17-12(8-21)16(20)14-9-22-18(24-25(14)17)23-13-4-7-27-10-15(13)28-11(2)26/h9,13,15H,3-7,10H2,1-2H3,(H,23,24). The van der Waals surface area contributed by atoms with Gasteiger partial charge >= 0.3 is 5.97 Å². The molecule has 9 heteroatoms. The van der Waals surface area contributed by atoms with E-state index in [0.29, 0.717) is 31.3 Å². The molecule has 148 valence electrons. The topological polar surface area (TPSA) is 102 Å². The highest BCUT2D eigenvalue weighted by atomic mass is 19.1. The predicted octanol–water partition coefficient (Wildman–Crippen LogP) is 2.31. The SMILES string of the molecule is CCC1(c2c(C#N)c(F)c3cnc(NC4CCOCC4OC(C)=O)nn23)CC1. The number of ether oxygens (including phenoxy) is 2. The Bertz CT molecular complexity index is 963. The zero-order valence-electron chi connectivity index (χ0n) is 15.9.